The summed E-state index contributed by atoms with van der Waals surface area (Å²) < 4.78 is 0. The number of carboxylic acid groups (broad SMARTS) is 1. The van der Waals surface area contributed by atoms with Gasteiger partial charge < -0.3 is 43.6 Å². The molecule has 228 valence electrons. The lowest BCUT2D eigenvalue weighted by Crippen LogP contribution is -2.66. The van der Waals surface area contributed by atoms with Gasteiger partial charge in [0.15, 0.2) is 5.96 Å². The van der Waals surface area contributed by atoms with Gasteiger partial charge >= 0.3 is 5.97 Å². The molecule has 4 rings (SSSR count). The average Bonchev–Trinajstić information content (AvgIpc) is 2.96. The van der Waals surface area contributed by atoms with Crippen LogP contribution in [-0.4, -0.2) is 83.6 Å². The highest BCUT2D eigenvalue weighted by atomic mass is 16.4. The van der Waals surface area contributed by atoms with E-state index in [4.69, 9.17) is 22.9 Å². The Bertz CT molecular complexity index is 1010. The molecule has 0 spiro atoms. The Morgan fingerprint density at radius 1 is 1.00 bits per heavy atom. The first-order valence-corrected chi connectivity index (χ1v) is 14.8. The van der Waals surface area contributed by atoms with Crippen molar-refractivity contribution < 1.29 is 19.5 Å². The quantitative estimate of drug-likeness (QED) is 0.0760. The third kappa shape index (κ3) is 9.68. The van der Waals surface area contributed by atoms with E-state index in [0.29, 0.717) is 32.4 Å². The van der Waals surface area contributed by atoms with Gasteiger partial charge in [0.05, 0.1) is 6.04 Å². The van der Waals surface area contributed by atoms with Crippen LogP contribution in [0.4, 0.5) is 0 Å². The van der Waals surface area contributed by atoms with Crippen molar-refractivity contribution in [3.8, 4) is 0 Å². The summed E-state index contributed by atoms with van der Waals surface area (Å²) in [6, 6.07) is 7.44. The molecule has 0 aromatic heterocycles. The molecule has 11 N–H and O–H groups in total. The van der Waals surface area contributed by atoms with Crippen LogP contribution in [0.1, 0.15) is 63.4 Å². The normalized spacial score (nSPS) is 22.0. The predicted octanol–water partition coefficient (Wildman–Crippen LogP) is 0.0362. The number of aliphatic carboxylic acids is 1. The number of guanidine groups is 1. The number of aliphatic imine (C=N–C) groups is 1. The Morgan fingerprint density at radius 2 is 1.68 bits per heavy atom. The van der Waals surface area contributed by atoms with Crippen LogP contribution < -0.4 is 33.6 Å². The zero-order chi connectivity index (χ0) is 29.8. The Hall–Kier alpha value is -3.22. The third-order valence-corrected chi connectivity index (χ3v) is 8.18. The van der Waals surface area contributed by atoms with Gasteiger partial charge in [-0.1, -0.05) is 36.8 Å². The van der Waals surface area contributed by atoms with E-state index in [2.05, 4.69) is 15.6 Å². The van der Waals surface area contributed by atoms with E-state index in [1.807, 2.05) is 30.3 Å². The number of rotatable bonds is 17. The van der Waals surface area contributed by atoms with Crippen LogP contribution in [0.25, 0.3) is 0 Å². The summed E-state index contributed by atoms with van der Waals surface area (Å²) >= 11 is 0. The maximum Gasteiger partial charge on any atom is 0.326 e. The van der Waals surface area contributed by atoms with Crippen LogP contribution in [0.15, 0.2) is 35.3 Å². The van der Waals surface area contributed by atoms with Crippen molar-refractivity contribution in [3.05, 3.63) is 35.9 Å². The minimum Gasteiger partial charge on any atom is -0.480 e. The number of nitrogens with zero attached hydrogens (tertiary/aromatic N) is 2. The lowest BCUT2D eigenvalue weighted by Gasteiger charge is -2.51. The number of piperidine rings is 2. The number of amides is 2. The van der Waals surface area contributed by atoms with Crippen LogP contribution >= 0.6 is 0 Å². The Kier molecular flexibility index (Phi) is 12.8. The average molecular weight is 573 g/mol. The van der Waals surface area contributed by atoms with Gasteiger partial charge in [-0.25, -0.2) is 4.79 Å². The van der Waals surface area contributed by atoms with Gasteiger partial charge in [0.2, 0.25) is 11.8 Å². The molecule has 4 atom stereocenters. The van der Waals surface area contributed by atoms with E-state index in [1.165, 1.54) is 0 Å². The number of carbonyl (C=O) groups is 3. The molecule has 2 aliphatic heterocycles. The molecule has 1 aliphatic carbocycles. The van der Waals surface area contributed by atoms with Gasteiger partial charge in [0.25, 0.3) is 0 Å². The highest BCUT2D eigenvalue weighted by Crippen LogP contribution is 2.40. The van der Waals surface area contributed by atoms with Crippen molar-refractivity contribution in [2.24, 2.45) is 33.8 Å². The molecule has 2 bridgehead atoms. The fourth-order valence-corrected chi connectivity index (χ4v) is 6.09. The van der Waals surface area contributed by atoms with E-state index in [1.54, 1.807) is 4.90 Å². The summed E-state index contributed by atoms with van der Waals surface area (Å²) in [5.74, 6) is -1.74. The number of carbonyl (C=O) groups excluding carboxylic acids is 2. The SMILES string of the molecule is NCCCC[C@H](NC[C@@H](N)Cc1ccccc1)C(=O)N1C2CCC(CC2)[C@H]1C(=O)N[C@@H](CCCN=C(N)N)C(=O)O. The molecule has 3 fully saturated rings. The molecular formula is C29H48N8O4. The summed E-state index contributed by atoms with van der Waals surface area (Å²) in [4.78, 5) is 45.3. The zero-order valence-electron chi connectivity index (χ0n) is 23.9. The summed E-state index contributed by atoms with van der Waals surface area (Å²) in [7, 11) is 0. The zero-order valence-corrected chi connectivity index (χ0v) is 23.9. The second kappa shape index (κ2) is 16.3. The van der Waals surface area contributed by atoms with Gasteiger partial charge in [-0.3, -0.25) is 14.6 Å². The van der Waals surface area contributed by atoms with E-state index in [9.17, 15) is 19.5 Å². The minimum atomic E-state index is -1.13. The number of unbranched alkanes of at least 4 members (excludes halogenated alkanes) is 1. The van der Waals surface area contributed by atoms with Crippen molar-refractivity contribution in [3.63, 3.8) is 0 Å². The second-order valence-corrected chi connectivity index (χ2v) is 11.3. The fourth-order valence-electron chi connectivity index (χ4n) is 6.09. The molecule has 12 nitrogen and oxygen atoms in total. The fraction of sp³-hybridized carbons (Fsp3) is 0.655. The number of carboxylic acids is 1. The van der Waals surface area contributed by atoms with Crippen LogP contribution in [0.3, 0.4) is 0 Å². The maximum atomic E-state index is 14.1. The second-order valence-electron chi connectivity index (χ2n) is 11.3. The minimum absolute atomic E-state index is 0.00920. The lowest BCUT2D eigenvalue weighted by molar-refractivity contribution is -0.156. The molecule has 3 aliphatic rings. The number of fused-ring (bicyclic) bond motifs is 3. The molecular weight excluding hydrogens is 524 g/mol. The summed E-state index contributed by atoms with van der Waals surface area (Å²) in [5.41, 5.74) is 24.0. The van der Waals surface area contributed by atoms with Crippen molar-refractivity contribution in [1.82, 2.24) is 15.5 Å². The number of nitrogens with one attached hydrogen (secondary N) is 2. The summed E-state index contributed by atoms with van der Waals surface area (Å²) in [5, 5.41) is 15.9. The van der Waals surface area contributed by atoms with Crippen LogP contribution in [-0.2, 0) is 20.8 Å². The number of nitrogens with two attached hydrogens (primary N) is 4. The molecule has 2 saturated heterocycles. The van der Waals surface area contributed by atoms with E-state index in [-0.39, 0.29) is 42.8 Å². The number of hydrogen-bond acceptors (Lipinski definition) is 7. The van der Waals surface area contributed by atoms with E-state index in [0.717, 1.165) is 44.1 Å². The lowest BCUT2D eigenvalue weighted by atomic mass is 9.73. The molecule has 0 radical (unpaired) electrons. The molecule has 1 aromatic carbocycles. The van der Waals surface area contributed by atoms with E-state index >= 15 is 0 Å². The standard InChI is InChI=1S/C29H48N8O4/c30-15-5-4-9-23(35-18-21(31)17-19-7-2-1-3-8-19)27(39)37-22-13-11-20(12-14-22)25(37)26(38)36-24(28(40)41)10-6-16-34-29(32)33/h1-3,7-8,20-25,35H,4-6,9-18,30-31H2,(H,36,38)(H,40,41)(H4,32,33,34)/t20?,21-,22?,23-,24-,25-/m0/s1. The topological polar surface area (TPSA) is 215 Å². The molecule has 12 heteroatoms. The van der Waals surface area contributed by atoms with Gasteiger partial charge in [-0.2, -0.15) is 0 Å². The van der Waals surface area contributed by atoms with Gasteiger partial charge in [0.1, 0.15) is 12.1 Å². The monoisotopic (exact) mass is 572 g/mol. The van der Waals surface area contributed by atoms with Gasteiger partial charge in [0, 0.05) is 25.2 Å². The Balaban J connectivity index is 1.71. The first kappa shape index (κ1) is 32.3. The molecule has 1 saturated carbocycles. The first-order chi connectivity index (χ1) is 19.7. The number of benzene rings is 1. The molecule has 1 aromatic rings. The molecule has 41 heavy (non-hydrogen) atoms. The maximum absolute atomic E-state index is 14.1. The largest absolute Gasteiger partial charge is 0.480 e. The Morgan fingerprint density at radius 3 is 2.32 bits per heavy atom. The van der Waals surface area contributed by atoms with Crippen molar-refractivity contribution in [2.75, 3.05) is 19.6 Å². The van der Waals surface area contributed by atoms with Crippen molar-refractivity contribution >= 4 is 23.7 Å². The highest BCUT2D eigenvalue weighted by molar-refractivity contribution is 5.92. The third-order valence-electron chi connectivity index (χ3n) is 8.18. The molecule has 0 unspecified atom stereocenters. The van der Waals surface area contributed by atoms with Crippen LogP contribution in [0.5, 0.6) is 0 Å². The van der Waals surface area contributed by atoms with Crippen molar-refractivity contribution in [2.45, 2.75) is 94.4 Å². The number of hydrogen-bond donors (Lipinski definition) is 7. The van der Waals surface area contributed by atoms with Gasteiger partial charge in [-0.15, -0.1) is 0 Å². The van der Waals surface area contributed by atoms with Crippen molar-refractivity contribution in [1.29, 1.82) is 0 Å². The summed E-state index contributed by atoms with van der Waals surface area (Å²) in [6.45, 7) is 1.25. The Labute approximate surface area is 242 Å². The molecule has 2 heterocycles. The van der Waals surface area contributed by atoms with Gasteiger partial charge in [-0.05, 0) is 75.8 Å². The first-order valence-electron chi connectivity index (χ1n) is 14.8. The van der Waals surface area contributed by atoms with E-state index < -0.39 is 30.0 Å². The highest BCUT2D eigenvalue weighted by Gasteiger charge is 2.49. The predicted molar refractivity (Wildman–Crippen MR) is 159 cm³/mol. The van der Waals surface area contributed by atoms with Crippen LogP contribution in [0.2, 0.25) is 0 Å². The summed E-state index contributed by atoms with van der Waals surface area (Å²) in [6.07, 6.45) is 6.73. The smallest absolute Gasteiger partial charge is 0.326 e. The van der Waals surface area contributed by atoms with Crippen LogP contribution in [0, 0.1) is 5.92 Å². The molecule has 2 amide bonds.